The molecule has 0 amide bonds. The van der Waals surface area contributed by atoms with Gasteiger partial charge in [0.1, 0.15) is 12.4 Å². The highest BCUT2D eigenvalue weighted by Gasteiger charge is 2.07. The molecule has 1 unspecified atom stereocenters. The number of ether oxygens (including phenoxy) is 1. The van der Waals surface area contributed by atoms with Crippen LogP contribution < -0.4 is 10.1 Å². The Kier molecular flexibility index (Phi) is 10.9. The van der Waals surface area contributed by atoms with Gasteiger partial charge in [-0.3, -0.25) is 0 Å². The van der Waals surface area contributed by atoms with E-state index in [1.165, 1.54) is 51.4 Å². The average molecular weight is 291 g/mol. The summed E-state index contributed by atoms with van der Waals surface area (Å²) in [4.78, 5) is 0. The topological polar surface area (TPSA) is 21.3 Å². The van der Waals surface area contributed by atoms with E-state index in [0.717, 1.165) is 18.9 Å². The second kappa shape index (κ2) is 12.7. The molecule has 0 heterocycles. The summed E-state index contributed by atoms with van der Waals surface area (Å²) in [7, 11) is 0. The summed E-state index contributed by atoms with van der Waals surface area (Å²) >= 11 is 0. The van der Waals surface area contributed by atoms with Gasteiger partial charge in [-0.15, -0.1) is 0 Å². The smallest absolute Gasteiger partial charge is 0.119 e. The van der Waals surface area contributed by atoms with Crippen molar-refractivity contribution < 1.29 is 4.74 Å². The fourth-order valence-corrected chi connectivity index (χ4v) is 2.59. The van der Waals surface area contributed by atoms with Gasteiger partial charge in [0.25, 0.3) is 0 Å². The first kappa shape index (κ1) is 18.0. The molecule has 120 valence electrons. The number of hydrogen-bond acceptors (Lipinski definition) is 2. The SMILES string of the molecule is CCCCCCCCCC(COc1ccccc1)NCC. The van der Waals surface area contributed by atoms with Crippen molar-refractivity contribution in [3.8, 4) is 5.75 Å². The summed E-state index contributed by atoms with van der Waals surface area (Å²) in [6, 6.07) is 10.6. The van der Waals surface area contributed by atoms with E-state index in [9.17, 15) is 0 Å². The fourth-order valence-electron chi connectivity index (χ4n) is 2.59. The molecule has 0 fully saturated rings. The second-order valence-corrected chi connectivity index (χ2v) is 5.79. The van der Waals surface area contributed by atoms with Gasteiger partial charge in [-0.2, -0.15) is 0 Å². The zero-order chi connectivity index (χ0) is 15.2. The molecule has 0 aliphatic rings. The molecule has 2 nitrogen and oxygen atoms in total. The molecule has 0 radical (unpaired) electrons. The predicted molar refractivity (Wildman–Crippen MR) is 92.0 cm³/mol. The number of hydrogen-bond donors (Lipinski definition) is 1. The van der Waals surface area contributed by atoms with E-state index >= 15 is 0 Å². The lowest BCUT2D eigenvalue weighted by atomic mass is 10.1. The van der Waals surface area contributed by atoms with E-state index in [-0.39, 0.29) is 0 Å². The van der Waals surface area contributed by atoms with Crippen LogP contribution in [0.4, 0.5) is 0 Å². The number of nitrogens with one attached hydrogen (secondary N) is 1. The molecule has 1 atom stereocenters. The van der Waals surface area contributed by atoms with Gasteiger partial charge < -0.3 is 10.1 Å². The van der Waals surface area contributed by atoms with Crippen molar-refractivity contribution in [2.75, 3.05) is 13.2 Å². The average Bonchev–Trinajstić information content (AvgIpc) is 2.52. The molecular formula is C19H33NO. The third-order valence-electron chi connectivity index (χ3n) is 3.84. The zero-order valence-corrected chi connectivity index (χ0v) is 13.9. The lowest BCUT2D eigenvalue weighted by Gasteiger charge is -2.18. The van der Waals surface area contributed by atoms with Crippen LogP contribution >= 0.6 is 0 Å². The highest BCUT2D eigenvalue weighted by atomic mass is 16.5. The van der Waals surface area contributed by atoms with Crippen LogP contribution in [0.5, 0.6) is 5.75 Å². The monoisotopic (exact) mass is 291 g/mol. The van der Waals surface area contributed by atoms with Gasteiger partial charge >= 0.3 is 0 Å². The van der Waals surface area contributed by atoms with Crippen LogP contribution in [0.15, 0.2) is 30.3 Å². The lowest BCUT2D eigenvalue weighted by Crippen LogP contribution is -2.34. The number of benzene rings is 1. The van der Waals surface area contributed by atoms with Crippen LogP contribution in [0.2, 0.25) is 0 Å². The Morgan fingerprint density at radius 1 is 0.905 bits per heavy atom. The normalized spacial score (nSPS) is 12.3. The van der Waals surface area contributed by atoms with Gasteiger partial charge in [0.05, 0.1) is 0 Å². The minimum absolute atomic E-state index is 0.478. The first-order valence-electron chi connectivity index (χ1n) is 8.78. The van der Waals surface area contributed by atoms with Crippen LogP contribution in [0, 0.1) is 0 Å². The van der Waals surface area contributed by atoms with Gasteiger partial charge in [0.15, 0.2) is 0 Å². The molecule has 1 rings (SSSR count). The van der Waals surface area contributed by atoms with Crippen molar-refractivity contribution in [1.29, 1.82) is 0 Å². The van der Waals surface area contributed by atoms with Crippen molar-refractivity contribution in [2.45, 2.75) is 71.3 Å². The molecule has 1 aromatic carbocycles. The van der Waals surface area contributed by atoms with Crippen molar-refractivity contribution in [2.24, 2.45) is 0 Å². The Balaban J connectivity index is 2.12. The van der Waals surface area contributed by atoms with Crippen LogP contribution in [-0.4, -0.2) is 19.2 Å². The molecule has 21 heavy (non-hydrogen) atoms. The minimum Gasteiger partial charge on any atom is -0.492 e. The quantitative estimate of drug-likeness (QED) is 0.505. The van der Waals surface area contributed by atoms with E-state index in [1.807, 2.05) is 30.3 Å². The number of rotatable bonds is 13. The third-order valence-corrected chi connectivity index (χ3v) is 3.84. The fraction of sp³-hybridized carbons (Fsp3) is 0.684. The molecule has 0 aliphatic carbocycles. The number of unbranched alkanes of at least 4 members (excludes halogenated alkanes) is 6. The molecule has 1 aromatic rings. The van der Waals surface area contributed by atoms with Gasteiger partial charge in [-0.25, -0.2) is 0 Å². The van der Waals surface area contributed by atoms with Crippen molar-refractivity contribution in [3.63, 3.8) is 0 Å². The summed E-state index contributed by atoms with van der Waals surface area (Å²) in [6.45, 7) is 6.22. The highest BCUT2D eigenvalue weighted by molar-refractivity contribution is 5.20. The summed E-state index contributed by atoms with van der Waals surface area (Å²) in [5, 5.41) is 3.54. The van der Waals surface area contributed by atoms with E-state index in [1.54, 1.807) is 0 Å². The number of likely N-dealkylation sites (N-methyl/N-ethyl adjacent to an activating group) is 1. The van der Waals surface area contributed by atoms with E-state index in [4.69, 9.17) is 4.74 Å². The van der Waals surface area contributed by atoms with Crippen molar-refractivity contribution in [3.05, 3.63) is 30.3 Å². The summed E-state index contributed by atoms with van der Waals surface area (Å²) in [5.41, 5.74) is 0. The van der Waals surface area contributed by atoms with Crippen LogP contribution in [0.25, 0.3) is 0 Å². The van der Waals surface area contributed by atoms with Crippen molar-refractivity contribution in [1.82, 2.24) is 5.32 Å². The molecule has 0 spiro atoms. The maximum absolute atomic E-state index is 5.87. The molecule has 0 bridgehead atoms. The molecule has 0 saturated heterocycles. The maximum Gasteiger partial charge on any atom is 0.119 e. The van der Waals surface area contributed by atoms with E-state index < -0.39 is 0 Å². The summed E-state index contributed by atoms with van der Waals surface area (Å²) in [6.07, 6.45) is 10.8. The van der Waals surface area contributed by atoms with Gasteiger partial charge in [0.2, 0.25) is 0 Å². The summed E-state index contributed by atoms with van der Waals surface area (Å²) < 4.78 is 5.87. The maximum atomic E-state index is 5.87. The summed E-state index contributed by atoms with van der Waals surface area (Å²) in [5.74, 6) is 0.972. The molecule has 2 heteroatoms. The molecule has 0 aromatic heterocycles. The Labute approximate surface area is 131 Å². The number of para-hydroxylation sites is 1. The molecular weight excluding hydrogens is 258 g/mol. The van der Waals surface area contributed by atoms with E-state index in [2.05, 4.69) is 19.2 Å². The van der Waals surface area contributed by atoms with Crippen LogP contribution in [0.1, 0.15) is 65.2 Å². The molecule has 1 N–H and O–H groups in total. The Morgan fingerprint density at radius 2 is 1.57 bits per heavy atom. The molecule has 0 aliphatic heterocycles. The first-order valence-corrected chi connectivity index (χ1v) is 8.78. The van der Waals surface area contributed by atoms with E-state index in [0.29, 0.717) is 6.04 Å². The predicted octanol–water partition coefficient (Wildman–Crippen LogP) is 5.18. The zero-order valence-electron chi connectivity index (χ0n) is 13.9. The Bertz CT molecular complexity index is 326. The van der Waals surface area contributed by atoms with Crippen molar-refractivity contribution >= 4 is 0 Å². The second-order valence-electron chi connectivity index (χ2n) is 5.79. The minimum atomic E-state index is 0.478. The standard InChI is InChI=1S/C19H33NO/c1-3-5-6-7-8-9-11-14-18(20-4-2)17-21-19-15-12-10-13-16-19/h10,12-13,15-16,18,20H,3-9,11,14,17H2,1-2H3. The lowest BCUT2D eigenvalue weighted by molar-refractivity contribution is 0.255. The largest absolute Gasteiger partial charge is 0.492 e. The Hall–Kier alpha value is -1.02. The third kappa shape index (κ3) is 9.52. The van der Waals surface area contributed by atoms with Gasteiger partial charge in [0, 0.05) is 6.04 Å². The highest BCUT2D eigenvalue weighted by Crippen LogP contribution is 2.12. The van der Waals surface area contributed by atoms with Crippen LogP contribution in [-0.2, 0) is 0 Å². The van der Waals surface area contributed by atoms with Gasteiger partial charge in [-0.1, -0.05) is 77.0 Å². The molecule has 0 saturated carbocycles. The first-order chi connectivity index (χ1) is 10.4. The van der Waals surface area contributed by atoms with Gasteiger partial charge in [-0.05, 0) is 25.1 Å². The van der Waals surface area contributed by atoms with Crippen LogP contribution in [0.3, 0.4) is 0 Å². The Morgan fingerprint density at radius 3 is 2.24 bits per heavy atom.